The van der Waals surface area contributed by atoms with Gasteiger partial charge in [0.1, 0.15) is 17.5 Å². The van der Waals surface area contributed by atoms with E-state index in [-0.39, 0.29) is 4.90 Å². The lowest BCUT2D eigenvalue weighted by Crippen LogP contribution is -2.12. The van der Waals surface area contributed by atoms with Crippen molar-refractivity contribution in [3.8, 4) is 0 Å². The number of hydrogen-bond acceptors (Lipinski definition) is 6. The zero-order valence-electron chi connectivity index (χ0n) is 18.6. The summed E-state index contributed by atoms with van der Waals surface area (Å²) in [6.45, 7) is 5.78. The first-order valence-corrected chi connectivity index (χ1v) is 11.9. The van der Waals surface area contributed by atoms with Crippen LogP contribution in [0.5, 0.6) is 0 Å². The van der Waals surface area contributed by atoms with E-state index in [4.69, 9.17) is 0 Å². The summed E-state index contributed by atoms with van der Waals surface area (Å²) in [5.74, 6) is 1.93. The highest BCUT2D eigenvalue weighted by atomic mass is 32.2. The van der Waals surface area contributed by atoms with Crippen molar-refractivity contribution < 1.29 is 8.42 Å². The molecule has 0 aliphatic heterocycles. The number of hydrogen-bond donors (Lipinski definition) is 3. The van der Waals surface area contributed by atoms with Crippen molar-refractivity contribution in [2.45, 2.75) is 25.7 Å². The molecular formula is C25H25N5O2S. The summed E-state index contributed by atoms with van der Waals surface area (Å²) in [6.07, 6.45) is 0. The fourth-order valence-corrected chi connectivity index (χ4v) is 4.24. The quantitative estimate of drug-likeness (QED) is 0.329. The average molecular weight is 460 g/mol. The maximum absolute atomic E-state index is 12.6. The molecule has 0 radical (unpaired) electrons. The standard InChI is InChI=1S/C25H25N5O2S/c1-17-4-8-20(9-5-17)28-24-16-25(27-19(3)26-24)29-21-10-12-22(13-11-21)30-33(31,32)23-14-6-18(2)7-15-23/h4-16,30H,1-3H3,(H2,26,27,28,29). The zero-order chi connectivity index (χ0) is 23.4. The molecule has 0 fully saturated rings. The van der Waals surface area contributed by atoms with Gasteiger partial charge in [-0.05, 0) is 69.3 Å². The number of benzene rings is 3. The first-order valence-electron chi connectivity index (χ1n) is 10.4. The van der Waals surface area contributed by atoms with Crippen LogP contribution in [0.4, 0.5) is 28.7 Å². The normalized spacial score (nSPS) is 11.1. The fraction of sp³-hybridized carbons (Fsp3) is 0.120. The van der Waals surface area contributed by atoms with E-state index in [0.717, 1.165) is 16.9 Å². The van der Waals surface area contributed by atoms with E-state index in [1.165, 1.54) is 5.56 Å². The van der Waals surface area contributed by atoms with Gasteiger partial charge in [-0.15, -0.1) is 0 Å². The number of nitrogens with zero attached hydrogens (tertiary/aromatic N) is 2. The average Bonchev–Trinajstić information content (AvgIpc) is 2.76. The second kappa shape index (κ2) is 9.30. The highest BCUT2D eigenvalue weighted by molar-refractivity contribution is 7.92. The molecule has 3 N–H and O–H groups in total. The van der Waals surface area contributed by atoms with Gasteiger partial charge in [0.25, 0.3) is 10.0 Å². The van der Waals surface area contributed by atoms with E-state index < -0.39 is 10.0 Å². The predicted molar refractivity (Wildman–Crippen MR) is 133 cm³/mol. The Morgan fingerprint density at radius 1 is 0.606 bits per heavy atom. The van der Waals surface area contributed by atoms with Gasteiger partial charge in [-0.3, -0.25) is 4.72 Å². The molecule has 4 rings (SSSR count). The number of nitrogens with one attached hydrogen (secondary N) is 3. The fourth-order valence-electron chi connectivity index (χ4n) is 3.18. The van der Waals surface area contributed by atoms with Gasteiger partial charge < -0.3 is 10.6 Å². The molecule has 4 aromatic rings. The lowest BCUT2D eigenvalue weighted by atomic mass is 10.2. The van der Waals surface area contributed by atoms with Crippen LogP contribution in [0.1, 0.15) is 17.0 Å². The van der Waals surface area contributed by atoms with Gasteiger partial charge in [-0.2, -0.15) is 0 Å². The van der Waals surface area contributed by atoms with Gasteiger partial charge in [0.05, 0.1) is 4.90 Å². The van der Waals surface area contributed by atoms with Gasteiger partial charge in [0.15, 0.2) is 0 Å². The monoisotopic (exact) mass is 459 g/mol. The predicted octanol–water partition coefficient (Wildman–Crippen LogP) is 5.69. The van der Waals surface area contributed by atoms with Crippen LogP contribution in [-0.2, 0) is 10.0 Å². The van der Waals surface area contributed by atoms with E-state index in [1.54, 1.807) is 48.5 Å². The molecule has 168 valence electrons. The smallest absolute Gasteiger partial charge is 0.261 e. The maximum Gasteiger partial charge on any atom is 0.261 e. The van der Waals surface area contributed by atoms with Crippen molar-refractivity contribution >= 4 is 38.7 Å². The van der Waals surface area contributed by atoms with E-state index in [2.05, 4.69) is 25.3 Å². The van der Waals surface area contributed by atoms with Crippen molar-refractivity contribution in [2.24, 2.45) is 0 Å². The number of aryl methyl sites for hydroxylation is 3. The highest BCUT2D eigenvalue weighted by Gasteiger charge is 2.13. The van der Waals surface area contributed by atoms with Crippen molar-refractivity contribution in [1.29, 1.82) is 0 Å². The maximum atomic E-state index is 12.6. The van der Waals surface area contributed by atoms with Crippen LogP contribution in [0, 0.1) is 20.8 Å². The zero-order valence-corrected chi connectivity index (χ0v) is 19.4. The number of sulfonamides is 1. The molecule has 33 heavy (non-hydrogen) atoms. The third kappa shape index (κ3) is 5.87. The van der Waals surface area contributed by atoms with Gasteiger partial charge in [-0.25, -0.2) is 18.4 Å². The second-order valence-electron chi connectivity index (χ2n) is 7.80. The highest BCUT2D eigenvalue weighted by Crippen LogP contribution is 2.23. The van der Waals surface area contributed by atoms with E-state index in [1.807, 2.05) is 51.1 Å². The van der Waals surface area contributed by atoms with E-state index in [9.17, 15) is 8.42 Å². The van der Waals surface area contributed by atoms with Gasteiger partial charge in [-0.1, -0.05) is 35.4 Å². The van der Waals surface area contributed by atoms with Gasteiger partial charge in [0.2, 0.25) is 0 Å². The van der Waals surface area contributed by atoms with Gasteiger partial charge in [0, 0.05) is 23.1 Å². The number of aromatic nitrogens is 2. The molecule has 0 unspecified atom stereocenters. The van der Waals surface area contributed by atoms with Crippen LogP contribution in [-0.4, -0.2) is 18.4 Å². The first kappa shape index (κ1) is 22.3. The lowest BCUT2D eigenvalue weighted by molar-refractivity contribution is 0.601. The van der Waals surface area contributed by atoms with E-state index >= 15 is 0 Å². The largest absolute Gasteiger partial charge is 0.340 e. The van der Waals surface area contributed by atoms with Crippen molar-refractivity contribution in [2.75, 3.05) is 15.4 Å². The molecule has 0 amide bonds. The summed E-state index contributed by atoms with van der Waals surface area (Å²) >= 11 is 0. The third-order valence-electron chi connectivity index (χ3n) is 4.90. The topological polar surface area (TPSA) is 96.0 Å². The number of rotatable bonds is 7. The molecule has 0 aliphatic rings. The minimum absolute atomic E-state index is 0.223. The Morgan fingerprint density at radius 2 is 1.03 bits per heavy atom. The van der Waals surface area contributed by atoms with Crippen LogP contribution in [0.3, 0.4) is 0 Å². The Labute approximate surface area is 194 Å². The summed E-state index contributed by atoms with van der Waals surface area (Å²) in [5.41, 5.74) is 4.37. The summed E-state index contributed by atoms with van der Waals surface area (Å²) in [4.78, 5) is 9.11. The molecule has 0 saturated heterocycles. The Hall–Kier alpha value is -3.91. The molecule has 1 aromatic heterocycles. The summed E-state index contributed by atoms with van der Waals surface area (Å²) in [5, 5.41) is 6.52. The number of anilines is 5. The molecule has 0 spiro atoms. The van der Waals surface area contributed by atoms with Crippen molar-refractivity contribution in [1.82, 2.24) is 9.97 Å². The van der Waals surface area contributed by atoms with Crippen LogP contribution in [0.15, 0.2) is 83.8 Å². The molecule has 3 aromatic carbocycles. The van der Waals surface area contributed by atoms with Crippen LogP contribution >= 0.6 is 0 Å². The minimum atomic E-state index is -3.64. The molecule has 0 saturated carbocycles. The third-order valence-corrected chi connectivity index (χ3v) is 6.30. The van der Waals surface area contributed by atoms with Gasteiger partial charge >= 0.3 is 0 Å². The van der Waals surface area contributed by atoms with Crippen LogP contribution < -0.4 is 15.4 Å². The molecule has 0 bridgehead atoms. The molecule has 8 heteroatoms. The Bertz CT molecular complexity index is 1350. The van der Waals surface area contributed by atoms with Crippen LogP contribution in [0.2, 0.25) is 0 Å². The second-order valence-corrected chi connectivity index (χ2v) is 9.48. The molecule has 1 heterocycles. The van der Waals surface area contributed by atoms with Crippen molar-refractivity contribution in [3.05, 3.63) is 95.8 Å². The summed E-state index contributed by atoms with van der Waals surface area (Å²) in [7, 11) is -3.64. The minimum Gasteiger partial charge on any atom is -0.340 e. The Balaban J connectivity index is 1.46. The molecule has 0 atom stereocenters. The summed E-state index contributed by atoms with van der Waals surface area (Å²) in [6, 6.07) is 23.6. The first-order chi connectivity index (χ1) is 15.8. The molecule has 7 nitrogen and oxygen atoms in total. The van der Waals surface area contributed by atoms with Crippen molar-refractivity contribution in [3.63, 3.8) is 0 Å². The SMILES string of the molecule is Cc1ccc(Nc2cc(Nc3ccc(NS(=O)(=O)c4ccc(C)cc4)cc3)nc(C)n2)cc1. The lowest BCUT2D eigenvalue weighted by Gasteiger charge is -2.12. The Morgan fingerprint density at radius 3 is 1.55 bits per heavy atom. The van der Waals surface area contributed by atoms with Crippen LogP contribution in [0.25, 0.3) is 0 Å². The molecular weight excluding hydrogens is 434 g/mol. The molecule has 0 aliphatic carbocycles. The summed E-state index contributed by atoms with van der Waals surface area (Å²) < 4.78 is 27.8. The Kier molecular flexibility index (Phi) is 6.28. The van der Waals surface area contributed by atoms with E-state index in [0.29, 0.717) is 23.1 Å².